The van der Waals surface area contributed by atoms with Gasteiger partial charge in [-0.25, -0.2) is 0 Å². The lowest BCUT2D eigenvalue weighted by Crippen LogP contribution is -2.65. The van der Waals surface area contributed by atoms with E-state index in [1.54, 1.807) is 0 Å². The number of hydrogen-bond acceptors (Lipinski definition) is 6. The fourth-order valence-electron chi connectivity index (χ4n) is 4.83. The van der Waals surface area contributed by atoms with Gasteiger partial charge in [-0.2, -0.15) is 0 Å². The molecule has 0 aromatic heterocycles. The van der Waals surface area contributed by atoms with Crippen molar-refractivity contribution in [1.82, 2.24) is 0 Å². The van der Waals surface area contributed by atoms with Crippen molar-refractivity contribution in [2.75, 3.05) is 0 Å². The number of hydrogen-bond donors (Lipinski definition) is 4. The first kappa shape index (κ1) is 35.2. The molecule has 0 aliphatic rings. The molecule has 6 nitrogen and oxygen atoms in total. The van der Waals surface area contributed by atoms with Crippen molar-refractivity contribution in [3.63, 3.8) is 0 Å². The largest absolute Gasteiger partial charge is 0.390 e. The molecule has 0 saturated carbocycles. The molecule has 0 fully saturated rings. The summed E-state index contributed by atoms with van der Waals surface area (Å²) in [6.45, 7) is 6.25. The number of aliphatic hydroxyl groups is 3. The van der Waals surface area contributed by atoms with Gasteiger partial charge in [0.2, 0.25) is 0 Å². The van der Waals surface area contributed by atoms with Crippen LogP contribution in [0.4, 0.5) is 0 Å². The van der Waals surface area contributed by atoms with Crippen LogP contribution >= 0.6 is 0 Å². The van der Waals surface area contributed by atoms with Crippen LogP contribution < -0.4 is 5.73 Å². The summed E-state index contributed by atoms with van der Waals surface area (Å²) in [4.78, 5) is 25.8. The van der Waals surface area contributed by atoms with E-state index >= 15 is 0 Å². The third-order valence-corrected chi connectivity index (χ3v) is 7.46. The number of unbranched alkanes of at least 4 members (excludes halogenated alkanes) is 15. The summed E-state index contributed by atoms with van der Waals surface area (Å²) >= 11 is 0. The summed E-state index contributed by atoms with van der Waals surface area (Å²) in [6, 6.07) is -1.53. The number of carbonyl (C=O) groups is 2. The van der Waals surface area contributed by atoms with Crippen LogP contribution in [0, 0.1) is 0 Å². The van der Waals surface area contributed by atoms with Gasteiger partial charge in [-0.15, -0.1) is 0 Å². The van der Waals surface area contributed by atoms with E-state index in [1.165, 1.54) is 57.8 Å². The molecule has 214 valence electrons. The molecule has 3 atom stereocenters. The Morgan fingerprint density at radius 3 is 1.33 bits per heavy atom. The fraction of sp³-hybridized carbons (Fsp3) is 0.933. The van der Waals surface area contributed by atoms with Crippen molar-refractivity contribution in [2.24, 2.45) is 5.73 Å². The van der Waals surface area contributed by atoms with Crippen LogP contribution in [0.1, 0.15) is 156 Å². The summed E-state index contributed by atoms with van der Waals surface area (Å²) in [5.74, 6) is -1.27. The normalized spacial score (nSPS) is 14.5. The molecule has 36 heavy (non-hydrogen) atoms. The van der Waals surface area contributed by atoms with Crippen molar-refractivity contribution >= 4 is 11.6 Å². The highest BCUT2D eigenvalue weighted by atomic mass is 16.3. The van der Waals surface area contributed by atoms with E-state index in [-0.39, 0.29) is 12.8 Å². The molecule has 5 N–H and O–H groups in total. The number of ketones is 2. The van der Waals surface area contributed by atoms with E-state index in [2.05, 4.69) is 6.92 Å². The van der Waals surface area contributed by atoms with Crippen molar-refractivity contribution in [3.05, 3.63) is 0 Å². The van der Waals surface area contributed by atoms with E-state index in [0.717, 1.165) is 44.9 Å². The van der Waals surface area contributed by atoms with Gasteiger partial charge in [0.15, 0.2) is 17.2 Å². The highest BCUT2D eigenvalue weighted by molar-refractivity contribution is 6.11. The second-order valence-corrected chi connectivity index (χ2v) is 10.8. The highest BCUT2D eigenvalue weighted by Gasteiger charge is 2.51. The number of nitrogens with two attached hydrogens (primary N) is 1. The van der Waals surface area contributed by atoms with E-state index in [0.29, 0.717) is 19.3 Å². The van der Waals surface area contributed by atoms with Gasteiger partial charge in [0, 0.05) is 12.8 Å². The van der Waals surface area contributed by atoms with Crippen molar-refractivity contribution < 1.29 is 24.9 Å². The Hall–Kier alpha value is -0.820. The number of carbonyl (C=O) groups excluding carboxylic acids is 2. The molecular formula is C30H59NO5. The minimum Gasteiger partial charge on any atom is -0.390 e. The van der Waals surface area contributed by atoms with Crippen molar-refractivity contribution in [3.8, 4) is 0 Å². The lowest BCUT2D eigenvalue weighted by Gasteiger charge is -2.36. The monoisotopic (exact) mass is 513 g/mol. The van der Waals surface area contributed by atoms with E-state index in [4.69, 9.17) is 5.73 Å². The molecule has 0 amide bonds. The van der Waals surface area contributed by atoms with Gasteiger partial charge in [0.1, 0.15) is 0 Å². The van der Waals surface area contributed by atoms with Gasteiger partial charge in [-0.1, -0.05) is 124 Å². The molecule has 0 aliphatic heterocycles. The number of Topliss-reactive ketones (excluding diaryl/α,β-unsaturated/α-hetero) is 2. The van der Waals surface area contributed by atoms with Gasteiger partial charge in [-0.05, 0) is 19.3 Å². The van der Waals surface area contributed by atoms with Gasteiger partial charge >= 0.3 is 0 Å². The predicted molar refractivity (Wildman–Crippen MR) is 149 cm³/mol. The van der Waals surface area contributed by atoms with Crippen LogP contribution in [0.25, 0.3) is 0 Å². The third-order valence-electron chi connectivity index (χ3n) is 7.46. The summed E-state index contributed by atoms with van der Waals surface area (Å²) in [5, 5.41) is 32.5. The lowest BCUT2D eigenvalue weighted by molar-refractivity contribution is -0.159. The van der Waals surface area contributed by atoms with Gasteiger partial charge in [0.25, 0.3) is 0 Å². The van der Waals surface area contributed by atoms with Crippen LogP contribution in [-0.2, 0) is 9.59 Å². The summed E-state index contributed by atoms with van der Waals surface area (Å²) in [7, 11) is 0. The SMILES string of the molecule is CCCCCCCCCCCCCC[C@@H](O)[C@@H](O)[C@@H](N)C(O)(C(=O)CCCCC)C(=O)CCCCC. The average Bonchev–Trinajstić information content (AvgIpc) is 2.87. The number of rotatable bonds is 26. The van der Waals surface area contributed by atoms with Gasteiger partial charge in [0.05, 0.1) is 18.2 Å². The molecule has 6 heteroatoms. The molecule has 0 radical (unpaired) electrons. The summed E-state index contributed by atoms with van der Waals surface area (Å²) in [6.07, 6.45) is 16.7. The van der Waals surface area contributed by atoms with Crippen LogP contribution in [0.2, 0.25) is 0 Å². The van der Waals surface area contributed by atoms with Crippen molar-refractivity contribution in [1.29, 1.82) is 0 Å². The minimum absolute atomic E-state index is 0.0408. The Kier molecular flexibility index (Phi) is 21.7. The number of aliphatic hydroxyl groups excluding tert-OH is 2. The zero-order valence-electron chi connectivity index (χ0n) is 23.8. The Morgan fingerprint density at radius 2 is 0.944 bits per heavy atom. The Labute approximate surface area is 221 Å². The molecule has 0 aromatic rings. The van der Waals surface area contributed by atoms with Crippen LogP contribution in [0.5, 0.6) is 0 Å². The summed E-state index contributed by atoms with van der Waals surface area (Å²) < 4.78 is 0. The standard InChI is InChI=1S/C30H59NO5/c1-4-7-10-11-12-13-14-15-16-17-18-21-22-25(32)28(35)29(31)30(36,26(33)23-19-8-5-2)27(34)24-20-9-6-3/h25,28-29,32,35-36H,4-24,31H2,1-3H3/t25-,28-,29-/m1/s1. The van der Waals surface area contributed by atoms with Crippen LogP contribution in [0.15, 0.2) is 0 Å². The zero-order chi connectivity index (χ0) is 27.2. The van der Waals surface area contributed by atoms with Gasteiger partial charge in [-0.3, -0.25) is 9.59 Å². The molecular weight excluding hydrogens is 454 g/mol. The minimum atomic E-state index is -2.45. The maximum atomic E-state index is 12.9. The van der Waals surface area contributed by atoms with E-state index in [9.17, 15) is 24.9 Å². The second kappa shape index (κ2) is 22.2. The van der Waals surface area contributed by atoms with Crippen molar-refractivity contribution in [2.45, 2.75) is 179 Å². The quantitative estimate of drug-likeness (QED) is 0.0812. The first-order valence-corrected chi connectivity index (χ1v) is 15.2. The predicted octanol–water partition coefficient (Wildman–Crippen LogP) is 6.16. The fourth-order valence-corrected chi connectivity index (χ4v) is 4.83. The van der Waals surface area contributed by atoms with Gasteiger partial charge < -0.3 is 21.1 Å². The molecule has 0 saturated heterocycles. The average molecular weight is 514 g/mol. The third kappa shape index (κ3) is 14.2. The van der Waals surface area contributed by atoms with Crippen LogP contribution in [0.3, 0.4) is 0 Å². The first-order valence-electron chi connectivity index (χ1n) is 15.2. The Balaban J connectivity index is 4.57. The maximum absolute atomic E-state index is 12.9. The molecule has 0 spiro atoms. The van der Waals surface area contributed by atoms with E-state index < -0.39 is 35.4 Å². The molecule has 0 heterocycles. The zero-order valence-corrected chi connectivity index (χ0v) is 23.8. The second-order valence-electron chi connectivity index (χ2n) is 10.8. The van der Waals surface area contributed by atoms with E-state index in [1.807, 2.05) is 13.8 Å². The molecule has 0 aromatic carbocycles. The topological polar surface area (TPSA) is 121 Å². The van der Waals surface area contributed by atoms with Crippen LogP contribution in [-0.4, -0.2) is 50.7 Å². The lowest BCUT2D eigenvalue weighted by atomic mass is 9.78. The summed E-state index contributed by atoms with van der Waals surface area (Å²) in [5.41, 5.74) is 3.70. The first-order chi connectivity index (χ1) is 17.3. The highest BCUT2D eigenvalue weighted by Crippen LogP contribution is 2.24. The molecule has 0 unspecified atom stereocenters. The smallest absolute Gasteiger partial charge is 0.198 e. The molecule has 0 aliphatic carbocycles. The Bertz CT molecular complexity index is 531. The molecule has 0 rings (SSSR count). The molecule has 0 bridgehead atoms. The Morgan fingerprint density at radius 1 is 0.611 bits per heavy atom. The maximum Gasteiger partial charge on any atom is 0.198 e.